The van der Waals surface area contributed by atoms with Crippen molar-refractivity contribution in [3.63, 3.8) is 0 Å². The monoisotopic (exact) mass is 996 g/mol. The van der Waals surface area contributed by atoms with Crippen LogP contribution in [0.2, 0.25) is 0 Å². The number of rotatable bonds is 22. The molecule has 0 fully saturated rings. The Morgan fingerprint density at radius 2 is 1.61 bits per heavy atom. The first-order chi connectivity index (χ1) is 34.7. The van der Waals surface area contributed by atoms with Gasteiger partial charge in [0, 0.05) is 29.3 Å². The molecule has 2 unspecified atom stereocenters. The number of benzene rings is 5. The van der Waals surface area contributed by atoms with Gasteiger partial charge in [-0.25, -0.2) is 29.1 Å². The topological polar surface area (TPSA) is 212 Å². The number of carboxylic acids is 1. The summed E-state index contributed by atoms with van der Waals surface area (Å²) < 4.78 is 82.5. The Morgan fingerprint density at radius 1 is 0.861 bits per heavy atom. The van der Waals surface area contributed by atoms with Crippen LogP contribution in [0.15, 0.2) is 144 Å². The van der Waals surface area contributed by atoms with Gasteiger partial charge in [-0.3, -0.25) is 4.18 Å². The summed E-state index contributed by atoms with van der Waals surface area (Å²) in [4.78, 5) is 31.0. The molecule has 370 valence electrons. The summed E-state index contributed by atoms with van der Waals surface area (Å²) in [5, 5.41) is 21.5. The molecule has 16 nitrogen and oxygen atoms in total. The molecule has 0 aliphatic rings. The van der Waals surface area contributed by atoms with Crippen molar-refractivity contribution in [3.8, 4) is 62.7 Å². The van der Waals surface area contributed by atoms with Crippen LogP contribution in [0.5, 0.6) is 28.9 Å². The van der Waals surface area contributed by atoms with Gasteiger partial charge in [-0.15, -0.1) is 6.58 Å². The van der Waals surface area contributed by atoms with Crippen LogP contribution in [0.3, 0.4) is 0 Å². The number of aromatic hydroxyl groups is 1. The molecule has 0 aliphatic carbocycles. The van der Waals surface area contributed by atoms with Gasteiger partial charge in [-0.1, -0.05) is 35.9 Å². The highest BCUT2D eigenvalue weighted by Crippen LogP contribution is 2.47. The van der Waals surface area contributed by atoms with Crippen LogP contribution in [-0.2, 0) is 36.9 Å². The van der Waals surface area contributed by atoms with E-state index in [1.54, 1.807) is 55.8 Å². The Kier molecular flexibility index (Phi) is 15.5. The van der Waals surface area contributed by atoms with E-state index < -0.39 is 34.1 Å². The Bertz CT molecular complexity index is 3330. The van der Waals surface area contributed by atoms with E-state index >= 15 is 0 Å². The number of carboxylic acid groups (broad SMARTS) is 1. The van der Waals surface area contributed by atoms with E-state index in [0.29, 0.717) is 62.0 Å². The van der Waals surface area contributed by atoms with Crippen molar-refractivity contribution < 1.29 is 60.1 Å². The lowest BCUT2D eigenvalue weighted by Crippen LogP contribution is -2.30. The van der Waals surface area contributed by atoms with Crippen molar-refractivity contribution in [1.29, 1.82) is 0 Å². The average molecular weight is 997 g/mol. The standard InChI is InChI=1S/C54H49FN4O12S/c1-6-23-66-29-41(30-68-72(63,64)42-18-11-32(2)12-19-42)69-40-24-33(3)47(34(4)25-40)48-49-52(57-31-58-53(49)71-50(48)35-13-15-37(55)16-14-35)70-46(54(61)62)27-36-26-39(60)17-20-44(36)67-28-38-21-22-56-51(59-38)43-9-7-8-10-45(43)65-5/h6-22,24-26,31,41,46,60H,1,23,27-30H2,2-5H3,(H,61,62). The quantitative estimate of drug-likeness (QED) is 0.0367. The number of furan rings is 1. The zero-order valence-corrected chi connectivity index (χ0v) is 40.4. The molecule has 0 amide bonds. The number of aromatic nitrogens is 4. The molecule has 3 aromatic heterocycles. The smallest absolute Gasteiger partial charge is 0.345 e. The number of para-hydroxylation sites is 1. The summed E-state index contributed by atoms with van der Waals surface area (Å²) in [7, 11) is -2.58. The maximum atomic E-state index is 14.3. The minimum Gasteiger partial charge on any atom is -0.508 e. The van der Waals surface area contributed by atoms with Gasteiger partial charge in [-0.2, -0.15) is 8.42 Å². The van der Waals surface area contributed by atoms with Crippen molar-refractivity contribution in [2.45, 2.75) is 50.9 Å². The van der Waals surface area contributed by atoms with E-state index in [2.05, 4.69) is 26.5 Å². The second kappa shape index (κ2) is 22.3. The first kappa shape index (κ1) is 50.2. The predicted molar refractivity (Wildman–Crippen MR) is 264 cm³/mol. The lowest BCUT2D eigenvalue weighted by atomic mass is 9.92. The zero-order valence-electron chi connectivity index (χ0n) is 39.6. The van der Waals surface area contributed by atoms with Crippen LogP contribution < -0.4 is 18.9 Å². The highest BCUT2D eigenvalue weighted by Gasteiger charge is 2.30. The predicted octanol–water partition coefficient (Wildman–Crippen LogP) is 9.80. The number of aliphatic carboxylic acids is 1. The number of hydrogen-bond acceptors (Lipinski definition) is 15. The van der Waals surface area contributed by atoms with Gasteiger partial charge in [0.2, 0.25) is 17.7 Å². The second-order valence-electron chi connectivity index (χ2n) is 16.5. The van der Waals surface area contributed by atoms with E-state index in [-0.39, 0.29) is 72.0 Å². The van der Waals surface area contributed by atoms with Gasteiger partial charge in [-0.05, 0) is 122 Å². The van der Waals surface area contributed by atoms with Crippen molar-refractivity contribution in [3.05, 3.63) is 168 Å². The maximum Gasteiger partial charge on any atom is 0.345 e. The highest BCUT2D eigenvalue weighted by atomic mass is 32.2. The number of phenols is 1. The summed E-state index contributed by atoms with van der Waals surface area (Å²) in [6, 6.07) is 28.7. The molecular formula is C54H49FN4O12S. The fraction of sp³-hybridized carbons (Fsp3) is 0.204. The van der Waals surface area contributed by atoms with Crippen molar-refractivity contribution in [1.82, 2.24) is 19.9 Å². The van der Waals surface area contributed by atoms with Crippen LogP contribution in [0.25, 0.3) is 44.9 Å². The number of aryl methyl sites for hydroxylation is 3. The maximum absolute atomic E-state index is 14.3. The van der Waals surface area contributed by atoms with E-state index in [1.165, 1.54) is 60.9 Å². The van der Waals surface area contributed by atoms with Crippen LogP contribution in [-0.4, -0.2) is 83.7 Å². The SMILES string of the molecule is C=CCOCC(COS(=O)(=O)c1ccc(C)cc1)Oc1cc(C)c(-c2c(-c3ccc(F)cc3)oc3ncnc(OC(Cc4cc(O)ccc4OCc4ccnc(-c5ccccc5OC)n4)C(=O)O)c23)c(C)c1. The first-order valence-electron chi connectivity index (χ1n) is 22.5. The molecular weight excluding hydrogens is 948 g/mol. The number of ether oxygens (including phenoxy) is 5. The number of halogens is 1. The van der Waals surface area contributed by atoms with Gasteiger partial charge >= 0.3 is 5.97 Å². The van der Waals surface area contributed by atoms with Gasteiger partial charge in [0.1, 0.15) is 65.6 Å². The van der Waals surface area contributed by atoms with E-state index in [1.807, 2.05) is 39.0 Å². The molecule has 0 aliphatic heterocycles. The van der Waals surface area contributed by atoms with Crippen molar-refractivity contribution >= 4 is 27.2 Å². The Labute approximate surface area is 414 Å². The number of phenolic OH excluding ortho intramolecular Hbond substituents is 1. The van der Waals surface area contributed by atoms with Gasteiger partial charge in [0.25, 0.3) is 10.1 Å². The van der Waals surface area contributed by atoms with Crippen molar-refractivity contribution in [2.24, 2.45) is 0 Å². The van der Waals surface area contributed by atoms with Crippen molar-refractivity contribution in [2.75, 3.05) is 26.9 Å². The highest BCUT2D eigenvalue weighted by molar-refractivity contribution is 7.86. The Hall–Kier alpha value is -8.19. The Morgan fingerprint density at radius 3 is 2.33 bits per heavy atom. The molecule has 5 aromatic carbocycles. The first-order valence-corrected chi connectivity index (χ1v) is 23.9. The second-order valence-corrected chi connectivity index (χ2v) is 18.1. The average Bonchev–Trinajstić information content (AvgIpc) is 3.75. The molecule has 8 rings (SSSR count). The molecule has 0 radical (unpaired) electrons. The largest absolute Gasteiger partial charge is 0.508 e. The van der Waals surface area contributed by atoms with E-state index in [9.17, 15) is 27.8 Å². The fourth-order valence-corrected chi connectivity index (χ4v) is 8.86. The van der Waals surface area contributed by atoms with E-state index in [4.69, 9.17) is 32.3 Å². The molecule has 2 atom stereocenters. The van der Waals surface area contributed by atoms with Gasteiger partial charge < -0.3 is 38.3 Å². The summed E-state index contributed by atoms with van der Waals surface area (Å²) >= 11 is 0. The minimum atomic E-state index is -4.14. The van der Waals surface area contributed by atoms with Crippen LogP contribution in [0, 0.1) is 26.6 Å². The molecule has 3 heterocycles. The van der Waals surface area contributed by atoms with Crippen LogP contribution in [0.1, 0.15) is 27.9 Å². The number of nitrogens with zero attached hydrogens (tertiary/aromatic N) is 4. The summed E-state index contributed by atoms with van der Waals surface area (Å²) in [6.07, 6.45) is 1.54. The number of methoxy groups -OCH3 is 1. The third-order valence-corrected chi connectivity index (χ3v) is 12.6. The van der Waals surface area contributed by atoms with Gasteiger partial charge in [0.05, 0.1) is 36.5 Å². The van der Waals surface area contributed by atoms with Crippen LogP contribution in [0.4, 0.5) is 4.39 Å². The molecule has 0 saturated heterocycles. The molecule has 18 heteroatoms. The minimum absolute atomic E-state index is 0.00538. The number of carbonyl (C=O) groups is 1. The third kappa shape index (κ3) is 11.7. The molecule has 0 bridgehead atoms. The molecule has 2 N–H and O–H groups in total. The van der Waals surface area contributed by atoms with Gasteiger partial charge in [0.15, 0.2) is 5.82 Å². The summed E-state index contributed by atoms with van der Waals surface area (Å²) in [6.45, 7) is 8.90. The molecule has 0 spiro atoms. The fourth-order valence-electron chi connectivity index (χ4n) is 7.92. The zero-order chi connectivity index (χ0) is 50.9. The number of fused-ring (bicyclic) bond motifs is 1. The number of hydrogen-bond donors (Lipinski definition) is 2. The summed E-state index contributed by atoms with van der Waals surface area (Å²) in [5.74, 6) is -0.230. The normalized spacial score (nSPS) is 12.3. The third-order valence-electron chi connectivity index (χ3n) is 11.3. The molecule has 8 aromatic rings. The molecule has 72 heavy (non-hydrogen) atoms. The van der Waals surface area contributed by atoms with E-state index in [0.717, 1.165) is 5.56 Å². The van der Waals surface area contributed by atoms with Crippen LogP contribution >= 0.6 is 0 Å². The Balaban J connectivity index is 1.11. The summed E-state index contributed by atoms with van der Waals surface area (Å²) in [5.41, 5.74) is 5.20. The lowest BCUT2D eigenvalue weighted by molar-refractivity contribution is -0.145. The lowest BCUT2D eigenvalue weighted by Gasteiger charge is -2.21. The molecule has 0 saturated carbocycles.